The number of nitrogens with zero attached hydrogens (tertiary/aromatic N) is 4. The molecule has 0 fully saturated rings. The average molecular weight is 434 g/mol. The summed E-state index contributed by atoms with van der Waals surface area (Å²) in [5.41, 5.74) is 1.97. The number of fused-ring (bicyclic) bond motifs is 1. The van der Waals surface area contributed by atoms with Crippen molar-refractivity contribution in [1.82, 2.24) is 9.24 Å². The van der Waals surface area contributed by atoms with E-state index < -0.39 is 10.9 Å². The molecule has 0 atom stereocenters. The van der Waals surface area contributed by atoms with Gasteiger partial charge in [0.15, 0.2) is 0 Å². The quantitative estimate of drug-likeness (QED) is 0.287. The Kier molecular flexibility index (Phi) is 6.24. The van der Waals surface area contributed by atoms with Crippen molar-refractivity contribution >= 4 is 45.9 Å². The van der Waals surface area contributed by atoms with Gasteiger partial charge in [0.2, 0.25) is 5.62 Å². The molecule has 0 aliphatic carbocycles. The van der Waals surface area contributed by atoms with Crippen molar-refractivity contribution in [2.75, 3.05) is 7.11 Å². The van der Waals surface area contributed by atoms with Gasteiger partial charge in [-0.3, -0.25) is 24.9 Å². The van der Waals surface area contributed by atoms with Gasteiger partial charge in [-0.15, -0.1) is 17.0 Å². The molecule has 0 aliphatic heterocycles. The topological polar surface area (TPSA) is 116 Å². The molecule has 0 unspecified atom stereocenters. The van der Waals surface area contributed by atoms with Crippen LogP contribution in [-0.4, -0.2) is 33.5 Å². The number of nitro groups is 1. The number of carbonyl (C=O) groups excluding carboxylic acids is 1. The molecular formula is C17H16BrN5O4. The first-order chi connectivity index (χ1) is 12.5. The van der Waals surface area contributed by atoms with Crippen molar-refractivity contribution in [2.24, 2.45) is 5.10 Å². The number of rotatable bonds is 5. The Labute approximate surface area is 163 Å². The summed E-state index contributed by atoms with van der Waals surface area (Å²) in [5, 5.41) is 23.3. The fraction of sp³-hybridized carbons (Fsp3) is 0.118. The minimum Gasteiger partial charge on any atom is -0.468 e. The Morgan fingerprint density at radius 2 is 1.85 bits per heavy atom. The molecule has 10 heteroatoms. The molecule has 1 aromatic heterocycles. The van der Waals surface area contributed by atoms with E-state index in [1.54, 1.807) is 30.3 Å². The SMILES string of the molecule is Br.COC(=O)Cn1c(=N)n(N=Cc2ccc([N+](=O)[O-])cc2)c2ccccc21. The standard InChI is InChI=1S/C17H15N5O4.BrH/c1-26-16(23)11-20-14-4-2-3-5-15(14)21(17(20)18)19-10-12-6-8-13(9-7-12)22(24)25;/h2-10,18H,11H2,1H3;1H. The maximum Gasteiger partial charge on any atom is 0.325 e. The molecule has 1 heterocycles. The molecule has 2 aromatic carbocycles. The highest BCUT2D eigenvalue weighted by Crippen LogP contribution is 2.14. The number of aromatic nitrogens is 2. The number of nitrogens with one attached hydrogen (secondary N) is 1. The Balaban J connectivity index is 0.00000261. The summed E-state index contributed by atoms with van der Waals surface area (Å²) in [7, 11) is 1.29. The number of methoxy groups -OCH3 is 1. The van der Waals surface area contributed by atoms with E-state index in [1.165, 1.54) is 34.7 Å². The summed E-state index contributed by atoms with van der Waals surface area (Å²) >= 11 is 0. The Bertz CT molecular complexity index is 1070. The van der Waals surface area contributed by atoms with Crippen LogP contribution in [0.15, 0.2) is 53.6 Å². The molecule has 1 N–H and O–H groups in total. The van der Waals surface area contributed by atoms with Crippen LogP contribution in [0.4, 0.5) is 5.69 Å². The van der Waals surface area contributed by atoms with Crippen molar-refractivity contribution in [1.29, 1.82) is 5.41 Å². The van der Waals surface area contributed by atoms with Gasteiger partial charge in [-0.25, -0.2) is 0 Å². The van der Waals surface area contributed by atoms with E-state index in [9.17, 15) is 14.9 Å². The molecule has 0 saturated heterocycles. The molecule has 0 saturated carbocycles. The van der Waals surface area contributed by atoms with E-state index in [4.69, 9.17) is 5.41 Å². The molecule has 0 amide bonds. The van der Waals surface area contributed by atoms with Gasteiger partial charge in [0.05, 0.1) is 29.3 Å². The van der Waals surface area contributed by atoms with E-state index in [2.05, 4.69) is 9.84 Å². The molecule has 0 radical (unpaired) electrons. The van der Waals surface area contributed by atoms with Crippen LogP contribution in [0.3, 0.4) is 0 Å². The second-order valence-electron chi connectivity index (χ2n) is 5.38. The van der Waals surface area contributed by atoms with Crippen molar-refractivity contribution in [3.8, 4) is 0 Å². The fourth-order valence-corrected chi connectivity index (χ4v) is 2.49. The lowest BCUT2D eigenvalue weighted by Gasteiger charge is -2.01. The number of halogens is 1. The normalized spacial score (nSPS) is 10.7. The third kappa shape index (κ3) is 4.11. The summed E-state index contributed by atoms with van der Waals surface area (Å²) in [6, 6.07) is 13.1. The maximum atomic E-state index is 11.6. The molecule has 140 valence electrons. The highest BCUT2D eigenvalue weighted by molar-refractivity contribution is 8.93. The molecule has 0 spiro atoms. The lowest BCUT2D eigenvalue weighted by Crippen LogP contribution is -2.26. The number of carbonyl (C=O) groups is 1. The van der Waals surface area contributed by atoms with Crippen LogP contribution in [-0.2, 0) is 16.1 Å². The smallest absolute Gasteiger partial charge is 0.325 e. The van der Waals surface area contributed by atoms with Crippen molar-refractivity contribution in [3.63, 3.8) is 0 Å². The molecule has 3 aromatic rings. The molecule has 9 nitrogen and oxygen atoms in total. The van der Waals surface area contributed by atoms with Gasteiger partial charge in [0, 0.05) is 12.1 Å². The molecular weight excluding hydrogens is 418 g/mol. The van der Waals surface area contributed by atoms with Gasteiger partial charge in [0.25, 0.3) is 5.69 Å². The first-order valence-electron chi connectivity index (χ1n) is 7.62. The predicted molar refractivity (Wildman–Crippen MR) is 104 cm³/mol. The van der Waals surface area contributed by atoms with Crippen LogP contribution in [0, 0.1) is 15.5 Å². The zero-order valence-corrected chi connectivity index (χ0v) is 15.9. The number of hydrogen-bond acceptors (Lipinski definition) is 6. The number of ether oxygens (including phenoxy) is 1. The van der Waals surface area contributed by atoms with E-state index in [1.807, 2.05) is 6.07 Å². The molecule has 0 aliphatic rings. The van der Waals surface area contributed by atoms with E-state index in [0.29, 0.717) is 16.6 Å². The van der Waals surface area contributed by atoms with Crippen LogP contribution in [0.25, 0.3) is 11.0 Å². The van der Waals surface area contributed by atoms with Crippen LogP contribution in [0.5, 0.6) is 0 Å². The average Bonchev–Trinajstić information content (AvgIpc) is 2.92. The number of non-ortho nitro benzene ring substituents is 1. The first kappa shape index (κ1) is 20.0. The Morgan fingerprint density at radius 3 is 2.44 bits per heavy atom. The fourth-order valence-electron chi connectivity index (χ4n) is 2.49. The lowest BCUT2D eigenvalue weighted by atomic mass is 10.2. The Morgan fingerprint density at radius 1 is 1.22 bits per heavy atom. The number of para-hydroxylation sites is 2. The minimum absolute atomic E-state index is 0. The van der Waals surface area contributed by atoms with Crippen LogP contribution >= 0.6 is 17.0 Å². The van der Waals surface area contributed by atoms with E-state index >= 15 is 0 Å². The molecule has 0 bridgehead atoms. The third-order valence-electron chi connectivity index (χ3n) is 3.80. The van der Waals surface area contributed by atoms with Crippen LogP contribution < -0.4 is 5.62 Å². The summed E-state index contributed by atoms with van der Waals surface area (Å²) < 4.78 is 7.56. The van der Waals surface area contributed by atoms with Crippen molar-refractivity contribution in [3.05, 3.63) is 69.8 Å². The monoisotopic (exact) mass is 433 g/mol. The number of benzene rings is 2. The number of nitro benzene ring substituents is 1. The van der Waals surface area contributed by atoms with Gasteiger partial charge >= 0.3 is 5.97 Å². The zero-order valence-electron chi connectivity index (χ0n) is 14.2. The predicted octanol–water partition coefficient (Wildman–Crippen LogP) is 2.46. The first-order valence-corrected chi connectivity index (χ1v) is 7.62. The second kappa shape index (κ2) is 8.41. The third-order valence-corrected chi connectivity index (χ3v) is 3.80. The largest absolute Gasteiger partial charge is 0.468 e. The van der Waals surface area contributed by atoms with E-state index in [-0.39, 0.29) is 34.8 Å². The minimum atomic E-state index is -0.474. The highest BCUT2D eigenvalue weighted by Gasteiger charge is 2.13. The van der Waals surface area contributed by atoms with Gasteiger partial charge < -0.3 is 4.74 Å². The summed E-state index contributed by atoms with van der Waals surface area (Å²) in [5.74, 6) is -0.467. The highest BCUT2D eigenvalue weighted by atomic mass is 79.9. The van der Waals surface area contributed by atoms with Gasteiger partial charge in [-0.05, 0) is 29.8 Å². The summed E-state index contributed by atoms with van der Waals surface area (Å²) in [4.78, 5) is 21.9. The van der Waals surface area contributed by atoms with Crippen LogP contribution in [0.2, 0.25) is 0 Å². The lowest BCUT2D eigenvalue weighted by molar-refractivity contribution is -0.384. The van der Waals surface area contributed by atoms with Crippen LogP contribution in [0.1, 0.15) is 5.56 Å². The molecule has 27 heavy (non-hydrogen) atoms. The number of esters is 1. The van der Waals surface area contributed by atoms with Gasteiger partial charge in [-0.1, -0.05) is 12.1 Å². The van der Waals surface area contributed by atoms with Gasteiger partial charge in [-0.2, -0.15) is 9.78 Å². The molecule has 3 rings (SSSR count). The maximum absolute atomic E-state index is 11.6. The summed E-state index contributed by atoms with van der Waals surface area (Å²) in [6.07, 6.45) is 1.50. The van der Waals surface area contributed by atoms with E-state index in [0.717, 1.165) is 0 Å². The Hall–Kier alpha value is -3.27. The van der Waals surface area contributed by atoms with Crippen molar-refractivity contribution in [2.45, 2.75) is 6.54 Å². The number of imidazole rings is 1. The van der Waals surface area contributed by atoms with Gasteiger partial charge in [0.1, 0.15) is 6.54 Å². The number of hydrogen-bond donors (Lipinski definition) is 1. The second-order valence-corrected chi connectivity index (χ2v) is 5.38. The van der Waals surface area contributed by atoms with Crippen molar-refractivity contribution < 1.29 is 14.5 Å². The summed E-state index contributed by atoms with van der Waals surface area (Å²) in [6.45, 7) is -0.101. The zero-order chi connectivity index (χ0) is 18.7.